The van der Waals surface area contributed by atoms with Crippen LogP contribution >= 0.6 is 0 Å². The van der Waals surface area contributed by atoms with Gasteiger partial charge in [0.2, 0.25) is 0 Å². The predicted octanol–water partition coefficient (Wildman–Crippen LogP) is 3.84. The molecule has 2 aliphatic heterocycles. The molecule has 2 aromatic rings. The molecule has 2 aromatic carbocycles. The van der Waals surface area contributed by atoms with Crippen molar-refractivity contribution in [3.63, 3.8) is 0 Å². The lowest BCUT2D eigenvalue weighted by Crippen LogP contribution is -2.57. The zero-order chi connectivity index (χ0) is 18.6. The summed E-state index contributed by atoms with van der Waals surface area (Å²) in [6, 6.07) is 18.8. The van der Waals surface area contributed by atoms with E-state index in [1.54, 1.807) is 7.11 Å². The molecule has 2 heterocycles. The van der Waals surface area contributed by atoms with Gasteiger partial charge in [0.25, 0.3) is 5.91 Å². The maximum Gasteiger partial charge on any atom is 0.254 e. The van der Waals surface area contributed by atoms with Gasteiger partial charge in [-0.3, -0.25) is 4.79 Å². The summed E-state index contributed by atoms with van der Waals surface area (Å²) >= 11 is 0. The minimum atomic E-state index is 0.121. The number of hydrogen-bond donors (Lipinski definition) is 1. The molecule has 4 rings (SSSR count). The number of amides is 1. The summed E-state index contributed by atoms with van der Waals surface area (Å²) in [6.45, 7) is 1.84. The second-order valence-electron chi connectivity index (χ2n) is 7.58. The molecule has 0 bridgehead atoms. The summed E-state index contributed by atoms with van der Waals surface area (Å²) in [5.41, 5.74) is 2.06. The number of benzene rings is 2. The fourth-order valence-electron chi connectivity index (χ4n) is 4.72. The molecule has 2 saturated heterocycles. The largest absolute Gasteiger partial charge is 0.497 e. The van der Waals surface area contributed by atoms with E-state index in [-0.39, 0.29) is 11.9 Å². The number of likely N-dealkylation sites (tertiary alicyclic amines) is 1. The van der Waals surface area contributed by atoms with Gasteiger partial charge in [-0.25, -0.2) is 0 Å². The third-order valence-corrected chi connectivity index (χ3v) is 6.02. The highest BCUT2D eigenvalue weighted by molar-refractivity contribution is 5.95. The first-order valence-corrected chi connectivity index (χ1v) is 10.0. The summed E-state index contributed by atoms with van der Waals surface area (Å²) in [4.78, 5) is 15.6. The molecular formula is C23H28N2O2. The second kappa shape index (κ2) is 8.13. The van der Waals surface area contributed by atoms with Crippen LogP contribution in [-0.2, 0) is 0 Å². The molecule has 0 unspecified atom stereocenters. The fraction of sp³-hybridized carbons (Fsp3) is 0.435. The number of carbonyl (C=O) groups is 1. The van der Waals surface area contributed by atoms with Gasteiger partial charge in [-0.2, -0.15) is 0 Å². The van der Waals surface area contributed by atoms with Gasteiger partial charge >= 0.3 is 0 Å². The van der Waals surface area contributed by atoms with Crippen molar-refractivity contribution in [3.8, 4) is 5.75 Å². The average Bonchev–Trinajstić information content (AvgIpc) is 2.96. The highest BCUT2D eigenvalue weighted by Gasteiger charge is 2.41. The van der Waals surface area contributed by atoms with Crippen molar-refractivity contribution in [3.05, 3.63) is 65.7 Å². The van der Waals surface area contributed by atoms with Crippen LogP contribution in [0.2, 0.25) is 0 Å². The molecule has 0 saturated carbocycles. The van der Waals surface area contributed by atoms with Crippen LogP contribution in [0.15, 0.2) is 54.6 Å². The molecule has 27 heavy (non-hydrogen) atoms. The summed E-state index contributed by atoms with van der Waals surface area (Å²) in [7, 11) is 1.64. The summed E-state index contributed by atoms with van der Waals surface area (Å²) < 4.78 is 5.33. The van der Waals surface area contributed by atoms with Gasteiger partial charge in [0.1, 0.15) is 5.75 Å². The molecule has 1 amide bonds. The quantitative estimate of drug-likeness (QED) is 0.900. The van der Waals surface area contributed by atoms with Crippen LogP contribution in [0.4, 0.5) is 0 Å². The lowest BCUT2D eigenvalue weighted by atomic mass is 9.80. The normalized spacial score (nSPS) is 25.4. The van der Waals surface area contributed by atoms with Crippen molar-refractivity contribution in [1.82, 2.24) is 10.2 Å². The minimum Gasteiger partial charge on any atom is -0.497 e. The van der Waals surface area contributed by atoms with E-state index < -0.39 is 0 Å². The van der Waals surface area contributed by atoms with Gasteiger partial charge in [-0.15, -0.1) is 0 Å². The third kappa shape index (κ3) is 3.72. The van der Waals surface area contributed by atoms with E-state index in [2.05, 4.69) is 40.5 Å². The van der Waals surface area contributed by atoms with Gasteiger partial charge < -0.3 is 15.0 Å². The smallest absolute Gasteiger partial charge is 0.254 e. The van der Waals surface area contributed by atoms with Crippen LogP contribution in [0.25, 0.3) is 0 Å². The van der Waals surface area contributed by atoms with Gasteiger partial charge in [-0.1, -0.05) is 42.8 Å². The Morgan fingerprint density at radius 3 is 2.74 bits per heavy atom. The molecule has 1 N–H and O–H groups in total. The lowest BCUT2D eigenvalue weighted by Gasteiger charge is -2.44. The Labute approximate surface area is 161 Å². The van der Waals surface area contributed by atoms with Crippen molar-refractivity contribution in [2.45, 2.75) is 43.7 Å². The number of methoxy groups -OCH3 is 1. The van der Waals surface area contributed by atoms with Crippen molar-refractivity contribution >= 4 is 5.91 Å². The standard InChI is InChI=1S/C23H28N2O2/c1-27-19-11-7-10-18(16-19)23(26)25-15-6-5-12-21-22(25)20(13-14-24-21)17-8-3-2-4-9-17/h2-4,7-11,16,20-22,24H,5-6,12-15H2,1H3/t20-,21-,22-/m1/s1. The Kier molecular flexibility index (Phi) is 5.44. The molecule has 0 aliphatic carbocycles. The van der Waals surface area contributed by atoms with Crippen molar-refractivity contribution in [2.75, 3.05) is 20.2 Å². The Balaban J connectivity index is 1.69. The van der Waals surface area contributed by atoms with Crippen molar-refractivity contribution < 1.29 is 9.53 Å². The molecule has 2 fully saturated rings. The van der Waals surface area contributed by atoms with Crippen LogP contribution in [0, 0.1) is 0 Å². The molecule has 2 aliphatic rings. The fourth-order valence-corrected chi connectivity index (χ4v) is 4.72. The average molecular weight is 364 g/mol. The number of ether oxygens (including phenoxy) is 1. The lowest BCUT2D eigenvalue weighted by molar-refractivity contribution is 0.0574. The van der Waals surface area contributed by atoms with E-state index in [4.69, 9.17) is 4.74 Å². The minimum absolute atomic E-state index is 0.121. The number of carbonyl (C=O) groups excluding carboxylic acids is 1. The zero-order valence-corrected chi connectivity index (χ0v) is 15.9. The Morgan fingerprint density at radius 1 is 1.07 bits per heavy atom. The summed E-state index contributed by atoms with van der Waals surface area (Å²) in [5.74, 6) is 1.23. The number of fused-ring (bicyclic) bond motifs is 1. The van der Waals surface area contributed by atoms with Crippen LogP contribution in [0.3, 0.4) is 0 Å². The molecule has 3 atom stereocenters. The molecular weight excluding hydrogens is 336 g/mol. The van der Waals surface area contributed by atoms with E-state index >= 15 is 0 Å². The SMILES string of the molecule is COc1cccc(C(=O)N2CCCC[C@H]3NCC[C@H](c4ccccc4)[C@H]32)c1. The van der Waals surface area contributed by atoms with Crippen LogP contribution < -0.4 is 10.1 Å². The number of rotatable bonds is 3. The Hall–Kier alpha value is -2.33. The monoisotopic (exact) mass is 364 g/mol. The predicted molar refractivity (Wildman–Crippen MR) is 107 cm³/mol. The molecule has 142 valence electrons. The third-order valence-electron chi connectivity index (χ3n) is 6.02. The van der Waals surface area contributed by atoms with E-state index in [9.17, 15) is 4.79 Å². The number of hydrogen-bond acceptors (Lipinski definition) is 3. The Morgan fingerprint density at radius 2 is 1.93 bits per heavy atom. The van der Waals surface area contributed by atoms with E-state index in [1.807, 2.05) is 24.3 Å². The Bertz CT molecular complexity index is 777. The number of piperidine rings is 1. The first-order chi connectivity index (χ1) is 13.3. The molecule has 4 heteroatoms. The van der Waals surface area contributed by atoms with Crippen LogP contribution in [0.1, 0.15) is 47.5 Å². The first kappa shape index (κ1) is 18.1. The van der Waals surface area contributed by atoms with Gasteiger partial charge in [0, 0.05) is 24.1 Å². The maximum absolute atomic E-state index is 13.5. The van der Waals surface area contributed by atoms with Gasteiger partial charge in [0.15, 0.2) is 0 Å². The van der Waals surface area contributed by atoms with E-state index in [0.717, 1.165) is 44.5 Å². The van der Waals surface area contributed by atoms with Crippen molar-refractivity contribution in [1.29, 1.82) is 0 Å². The topological polar surface area (TPSA) is 41.6 Å². The summed E-state index contributed by atoms with van der Waals surface area (Å²) in [6.07, 6.45) is 4.42. The van der Waals surface area contributed by atoms with E-state index in [1.165, 1.54) is 5.56 Å². The highest BCUT2D eigenvalue weighted by Crippen LogP contribution is 2.36. The van der Waals surface area contributed by atoms with Gasteiger partial charge in [-0.05, 0) is 49.6 Å². The van der Waals surface area contributed by atoms with Crippen LogP contribution in [-0.4, -0.2) is 43.1 Å². The molecule has 4 nitrogen and oxygen atoms in total. The first-order valence-electron chi connectivity index (χ1n) is 10.0. The second-order valence-corrected chi connectivity index (χ2v) is 7.58. The van der Waals surface area contributed by atoms with Crippen LogP contribution in [0.5, 0.6) is 5.75 Å². The van der Waals surface area contributed by atoms with E-state index in [0.29, 0.717) is 17.5 Å². The zero-order valence-electron chi connectivity index (χ0n) is 15.9. The number of nitrogens with one attached hydrogen (secondary N) is 1. The molecule has 0 spiro atoms. The maximum atomic E-state index is 13.5. The highest BCUT2D eigenvalue weighted by atomic mass is 16.5. The van der Waals surface area contributed by atoms with Crippen molar-refractivity contribution in [2.24, 2.45) is 0 Å². The van der Waals surface area contributed by atoms with Gasteiger partial charge in [0.05, 0.1) is 13.2 Å². The molecule has 0 aromatic heterocycles. The summed E-state index contributed by atoms with van der Waals surface area (Å²) in [5, 5.41) is 3.70. The molecule has 0 radical (unpaired) electrons. The number of nitrogens with zero attached hydrogens (tertiary/aromatic N) is 1.